The zero-order chi connectivity index (χ0) is 14.4. The van der Waals surface area contributed by atoms with Crippen molar-refractivity contribution in [1.29, 1.82) is 0 Å². The van der Waals surface area contributed by atoms with Gasteiger partial charge >= 0.3 is 0 Å². The summed E-state index contributed by atoms with van der Waals surface area (Å²) < 4.78 is 10.2. The minimum Gasteiger partial charge on any atom is -0.497 e. The molecule has 2 aromatic carbocycles. The molecule has 0 N–H and O–H groups in total. The number of ether oxygens (including phenoxy) is 2. The van der Waals surface area contributed by atoms with E-state index in [-0.39, 0.29) is 0 Å². The van der Waals surface area contributed by atoms with E-state index < -0.39 is 6.10 Å². The lowest BCUT2D eigenvalue weighted by Crippen LogP contribution is -2.02. The van der Waals surface area contributed by atoms with Crippen LogP contribution in [0, 0.1) is 4.91 Å². The molecule has 0 saturated carbocycles. The average molecular weight is 273 g/mol. The van der Waals surface area contributed by atoms with Crippen molar-refractivity contribution in [3.63, 3.8) is 0 Å². The van der Waals surface area contributed by atoms with E-state index in [1.54, 1.807) is 38.5 Å². The first-order chi connectivity index (χ1) is 9.78. The lowest BCUT2D eigenvalue weighted by Gasteiger charge is -2.15. The summed E-state index contributed by atoms with van der Waals surface area (Å²) in [5.74, 6) is 1.47. The highest BCUT2D eigenvalue weighted by molar-refractivity contribution is 5.36. The standard InChI is InChI=1S/C15H15NO4/c1-18-13-7-3-11(4-8-13)15(20-16-17)12-5-9-14(19-2)10-6-12/h3-10,15H,1-2H3. The van der Waals surface area contributed by atoms with Crippen LogP contribution in [-0.4, -0.2) is 14.2 Å². The van der Waals surface area contributed by atoms with Crippen molar-refractivity contribution in [2.75, 3.05) is 14.2 Å². The number of hydrogen-bond acceptors (Lipinski definition) is 5. The van der Waals surface area contributed by atoms with Crippen LogP contribution in [0.3, 0.4) is 0 Å². The Balaban J connectivity index is 2.30. The zero-order valence-corrected chi connectivity index (χ0v) is 11.3. The number of hydrogen-bond donors (Lipinski definition) is 0. The molecular weight excluding hydrogens is 258 g/mol. The highest BCUT2D eigenvalue weighted by Gasteiger charge is 2.16. The van der Waals surface area contributed by atoms with Gasteiger partial charge in [-0.05, 0) is 24.3 Å². The molecule has 0 aliphatic heterocycles. The average Bonchev–Trinajstić information content (AvgIpc) is 2.53. The van der Waals surface area contributed by atoms with Crippen molar-refractivity contribution < 1.29 is 14.3 Å². The molecule has 104 valence electrons. The molecule has 0 fully saturated rings. The van der Waals surface area contributed by atoms with Crippen molar-refractivity contribution in [3.05, 3.63) is 64.6 Å². The molecule has 0 unspecified atom stereocenters. The fourth-order valence-corrected chi connectivity index (χ4v) is 1.91. The van der Waals surface area contributed by atoms with Crippen LogP contribution in [0.1, 0.15) is 17.2 Å². The van der Waals surface area contributed by atoms with Crippen LogP contribution >= 0.6 is 0 Å². The maximum Gasteiger partial charge on any atom is 0.181 e. The highest BCUT2D eigenvalue weighted by atomic mass is 16.7. The van der Waals surface area contributed by atoms with Crippen molar-refractivity contribution in [2.45, 2.75) is 6.10 Å². The van der Waals surface area contributed by atoms with E-state index in [9.17, 15) is 4.91 Å². The molecule has 5 heteroatoms. The second kappa shape index (κ2) is 6.56. The third-order valence-corrected chi connectivity index (χ3v) is 2.99. The summed E-state index contributed by atoms with van der Waals surface area (Å²) in [5.41, 5.74) is 1.63. The number of rotatable bonds is 6. The topological polar surface area (TPSA) is 57.1 Å². The summed E-state index contributed by atoms with van der Waals surface area (Å²) in [5, 5.41) is 2.56. The van der Waals surface area contributed by atoms with Crippen LogP contribution < -0.4 is 9.47 Å². The molecule has 0 heterocycles. The van der Waals surface area contributed by atoms with Crippen molar-refractivity contribution in [2.24, 2.45) is 5.34 Å². The first kappa shape index (κ1) is 13.9. The van der Waals surface area contributed by atoms with Gasteiger partial charge in [-0.1, -0.05) is 24.3 Å². The third kappa shape index (κ3) is 3.06. The predicted octanol–water partition coefficient (Wildman–Crippen LogP) is 3.49. The van der Waals surface area contributed by atoms with Crippen molar-refractivity contribution >= 4 is 0 Å². The van der Waals surface area contributed by atoms with Crippen molar-refractivity contribution in [3.8, 4) is 11.5 Å². The second-order valence-electron chi connectivity index (χ2n) is 4.11. The van der Waals surface area contributed by atoms with Crippen molar-refractivity contribution in [1.82, 2.24) is 0 Å². The Kier molecular flexibility index (Phi) is 4.55. The Morgan fingerprint density at radius 1 is 0.800 bits per heavy atom. The van der Waals surface area contributed by atoms with Gasteiger partial charge in [-0.25, -0.2) is 0 Å². The zero-order valence-electron chi connectivity index (χ0n) is 11.3. The van der Waals surface area contributed by atoms with Gasteiger partial charge in [0.05, 0.1) is 14.2 Å². The fraction of sp³-hybridized carbons (Fsp3) is 0.200. The molecule has 0 radical (unpaired) electrons. The molecule has 0 atom stereocenters. The van der Waals surface area contributed by atoms with Crippen LogP contribution in [0.2, 0.25) is 0 Å². The van der Waals surface area contributed by atoms with E-state index in [0.29, 0.717) is 0 Å². The van der Waals surface area contributed by atoms with E-state index in [1.807, 2.05) is 24.3 Å². The smallest absolute Gasteiger partial charge is 0.181 e. The quantitative estimate of drug-likeness (QED) is 0.597. The Morgan fingerprint density at radius 3 is 1.50 bits per heavy atom. The van der Waals surface area contributed by atoms with Gasteiger partial charge in [-0.3, -0.25) is 0 Å². The van der Waals surface area contributed by atoms with Gasteiger partial charge in [0, 0.05) is 11.1 Å². The summed E-state index contributed by atoms with van der Waals surface area (Å²) in [7, 11) is 3.19. The molecule has 2 rings (SSSR count). The minimum atomic E-state index is -0.552. The predicted molar refractivity (Wildman–Crippen MR) is 74.7 cm³/mol. The maximum atomic E-state index is 10.5. The van der Waals surface area contributed by atoms with Crippen LogP contribution in [0.4, 0.5) is 0 Å². The first-order valence-electron chi connectivity index (χ1n) is 6.05. The number of benzene rings is 2. The monoisotopic (exact) mass is 273 g/mol. The Morgan fingerprint density at radius 2 is 1.20 bits per heavy atom. The van der Waals surface area contributed by atoms with Crippen LogP contribution in [-0.2, 0) is 4.84 Å². The van der Waals surface area contributed by atoms with Gasteiger partial charge in [-0.15, -0.1) is 4.91 Å². The van der Waals surface area contributed by atoms with Gasteiger partial charge in [0.15, 0.2) is 11.4 Å². The van der Waals surface area contributed by atoms with E-state index in [2.05, 4.69) is 5.34 Å². The van der Waals surface area contributed by atoms with Crippen LogP contribution in [0.15, 0.2) is 53.9 Å². The van der Waals surface area contributed by atoms with E-state index in [0.717, 1.165) is 22.6 Å². The molecule has 0 amide bonds. The molecule has 5 nitrogen and oxygen atoms in total. The van der Waals surface area contributed by atoms with Gasteiger partial charge in [0.1, 0.15) is 11.5 Å². The molecule has 20 heavy (non-hydrogen) atoms. The maximum absolute atomic E-state index is 10.5. The largest absolute Gasteiger partial charge is 0.497 e. The normalized spacial score (nSPS) is 10.2. The summed E-state index contributed by atoms with van der Waals surface area (Å²) in [6.07, 6.45) is -0.552. The number of methoxy groups -OCH3 is 2. The van der Waals surface area contributed by atoms with Gasteiger partial charge < -0.3 is 14.3 Å². The molecule has 0 spiro atoms. The highest BCUT2D eigenvalue weighted by Crippen LogP contribution is 2.29. The molecule has 0 saturated heterocycles. The molecule has 2 aromatic rings. The third-order valence-electron chi connectivity index (χ3n) is 2.99. The van der Waals surface area contributed by atoms with Gasteiger partial charge in [0.2, 0.25) is 0 Å². The first-order valence-corrected chi connectivity index (χ1v) is 6.05. The molecule has 0 aromatic heterocycles. The Hall–Kier alpha value is -2.56. The summed E-state index contributed by atoms with van der Waals surface area (Å²) >= 11 is 0. The van der Waals surface area contributed by atoms with Crippen LogP contribution in [0.25, 0.3) is 0 Å². The van der Waals surface area contributed by atoms with E-state index in [4.69, 9.17) is 14.3 Å². The molecule has 0 aliphatic carbocycles. The van der Waals surface area contributed by atoms with Gasteiger partial charge in [0.25, 0.3) is 0 Å². The summed E-state index contributed by atoms with van der Waals surface area (Å²) in [6.45, 7) is 0. The fourth-order valence-electron chi connectivity index (χ4n) is 1.91. The lowest BCUT2D eigenvalue weighted by atomic mass is 10.0. The minimum absolute atomic E-state index is 0.552. The lowest BCUT2D eigenvalue weighted by molar-refractivity contribution is 0.0832. The summed E-state index contributed by atoms with van der Waals surface area (Å²) in [6, 6.07) is 14.6. The van der Waals surface area contributed by atoms with Gasteiger partial charge in [-0.2, -0.15) is 0 Å². The Labute approximate surface area is 117 Å². The molecular formula is C15H15NO4. The molecule has 0 bridgehead atoms. The Bertz CT molecular complexity index is 504. The SMILES string of the molecule is COc1ccc(C(ON=O)c2ccc(OC)cc2)cc1. The van der Waals surface area contributed by atoms with Crippen LogP contribution in [0.5, 0.6) is 11.5 Å². The molecule has 0 aliphatic rings. The summed E-state index contributed by atoms with van der Waals surface area (Å²) in [4.78, 5) is 15.4. The van der Waals surface area contributed by atoms with E-state index >= 15 is 0 Å². The van der Waals surface area contributed by atoms with E-state index in [1.165, 1.54) is 0 Å². The second-order valence-corrected chi connectivity index (χ2v) is 4.11. The number of nitrogens with zero attached hydrogens (tertiary/aromatic N) is 1.